The van der Waals surface area contributed by atoms with Gasteiger partial charge in [0.1, 0.15) is 0 Å². The zero-order chi connectivity index (χ0) is 14.0. The number of nitrogens with zero attached hydrogens (tertiary/aromatic N) is 1. The van der Waals surface area contributed by atoms with Crippen molar-refractivity contribution in [1.29, 1.82) is 0 Å². The Labute approximate surface area is 116 Å². The Morgan fingerprint density at radius 2 is 2.16 bits per heavy atom. The quantitative estimate of drug-likeness (QED) is 0.581. The maximum absolute atomic E-state index is 10.6. The van der Waals surface area contributed by atoms with Crippen molar-refractivity contribution < 1.29 is 4.79 Å². The van der Waals surface area contributed by atoms with Crippen LogP contribution in [0.2, 0.25) is 0 Å². The van der Waals surface area contributed by atoms with Crippen LogP contribution in [0, 0.1) is 23.2 Å². The second-order valence-corrected chi connectivity index (χ2v) is 6.91. The smallest absolute Gasteiger partial charge is 0.332 e. The molecule has 3 atom stereocenters. The Bertz CT molecular complexity index is 376. The van der Waals surface area contributed by atoms with Gasteiger partial charge in [-0.25, -0.2) is 10.2 Å². The summed E-state index contributed by atoms with van der Waals surface area (Å²) in [6.07, 6.45) is 7.73. The van der Waals surface area contributed by atoms with E-state index in [0.29, 0.717) is 5.41 Å². The Morgan fingerprint density at radius 3 is 2.74 bits per heavy atom. The van der Waals surface area contributed by atoms with Gasteiger partial charge < -0.3 is 5.73 Å². The van der Waals surface area contributed by atoms with Crippen LogP contribution >= 0.6 is 0 Å². The number of primary amides is 1. The fraction of sp³-hybridized carbons (Fsp3) is 0.867. The lowest BCUT2D eigenvalue weighted by molar-refractivity contribution is 0.113. The molecule has 4 nitrogen and oxygen atoms in total. The third kappa shape index (κ3) is 3.10. The van der Waals surface area contributed by atoms with E-state index in [4.69, 9.17) is 5.73 Å². The first-order valence-electron chi connectivity index (χ1n) is 7.50. The molecule has 19 heavy (non-hydrogen) atoms. The van der Waals surface area contributed by atoms with Crippen LogP contribution in [0.1, 0.15) is 59.3 Å². The zero-order valence-corrected chi connectivity index (χ0v) is 12.4. The van der Waals surface area contributed by atoms with Crippen LogP contribution in [-0.4, -0.2) is 11.7 Å². The summed E-state index contributed by atoms with van der Waals surface area (Å²) < 4.78 is 0. The standard InChI is InChI=1S/C15H27N3O/c1-10(17-18-14(16)19)5-4-6-13-11-7-8-12(9-11)15(13,2)3/h11-13H,4-9H2,1-3H3,(H3,16,18,19)/b17-10+/t11-,12-,13+/m0/s1. The average Bonchev–Trinajstić information content (AvgIpc) is 2.88. The molecule has 0 aromatic carbocycles. The molecule has 2 rings (SSSR count). The van der Waals surface area contributed by atoms with Crippen LogP contribution in [0.3, 0.4) is 0 Å². The van der Waals surface area contributed by atoms with Gasteiger partial charge in [-0.1, -0.05) is 13.8 Å². The largest absolute Gasteiger partial charge is 0.350 e. The van der Waals surface area contributed by atoms with Crippen molar-refractivity contribution in [3.8, 4) is 0 Å². The second-order valence-electron chi connectivity index (χ2n) is 6.91. The molecule has 108 valence electrons. The van der Waals surface area contributed by atoms with E-state index in [-0.39, 0.29) is 0 Å². The van der Waals surface area contributed by atoms with Crippen molar-refractivity contribution in [3.63, 3.8) is 0 Å². The first kappa shape index (κ1) is 14.4. The van der Waals surface area contributed by atoms with Gasteiger partial charge in [-0.05, 0) is 68.6 Å². The van der Waals surface area contributed by atoms with Crippen molar-refractivity contribution in [3.05, 3.63) is 0 Å². The maximum Gasteiger partial charge on any atom is 0.332 e. The van der Waals surface area contributed by atoms with Gasteiger partial charge in [0.05, 0.1) is 0 Å². The number of hydrogen-bond donors (Lipinski definition) is 2. The van der Waals surface area contributed by atoms with E-state index in [1.165, 1.54) is 25.7 Å². The molecule has 0 saturated heterocycles. The molecule has 0 aromatic heterocycles. The molecule has 4 heteroatoms. The number of nitrogens with one attached hydrogen (secondary N) is 1. The summed E-state index contributed by atoms with van der Waals surface area (Å²) in [4.78, 5) is 10.6. The van der Waals surface area contributed by atoms with Crippen LogP contribution < -0.4 is 11.2 Å². The monoisotopic (exact) mass is 265 g/mol. The van der Waals surface area contributed by atoms with Crippen LogP contribution in [-0.2, 0) is 0 Å². The van der Waals surface area contributed by atoms with E-state index >= 15 is 0 Å². The summed E-state index contributed by atoms with van der Waals surface area (Å²) in [5.41, 5.74) is 8.77. The zero-order valence-electron chi connectivity index (χ0n) is 12.4. The van der Waals surface area contributed by atoms with Gasteiger partial charge in [-0.15, -0.1) is 0 Å². The molecule has 2 saturated carbocycles. The molecule has 0 spiro atoms. The highest BCUT2D eigenvalue weighted by Gasteiger charge is 2.51. The van der Waals surface area contributed by atoms with E-state index in [0.717, 1.165) is 36.3 Å². The van der Waals surface area contributed by atoms with Gasteiger partial charge in [-0.3, -0.25) is 0 Å². The molecule has 0 heterocycles. The highest BCUT2D eigenvalue weighted by Crippen LogP contribution is 2.60. The van der Waals surface area contributed by atoms with Gasteiger partial charge in [0.15, 0.2) is 0 Å². The second kappa shape index (κ2) is 5.51. The van der Waals surface area contributed by atoms with E-state index in [9.17, 15) is 4.79 Å². The lowest BCUT2D eigenvalue weighted by Crippen LogP contribution is -2.30. The molecule has 2 amide bonds. The predicted molar refractivity (Wildman–Crippen MR) is 77.8 cm³/mol. The van der Waals surface area contributed by atoms with Crippen molar-refractivity contribution >= 4 is 11.7 Å². The van der Waals surface area contributed by atoms with Crippen molar-refractivity contribution in [2.24, 2.45) is 34.0 Å². The fourth-order valence-corrected chi connectivity index (χ4v) is 4.36. The van der Waals surface area contributed by atoms with Gasteiger partial charge in [0, 0.05) is 5.71 Å². The Kier molecular flexibility index (Phi) is 4.16. The number of hydrazone groups is 1. The van der Waals surface area contributed by atoms with Gasteiger partial charge in [0.2, 0.25) is 0 Å². The summed E-state index contributed by atoms with van der Waals surface area (Å²) in [6.45, 7) is 6.86. The van der Waals surface area contributed by atoms with Gasteiger partial charge >= 0.3 is 6.03 Å². The summed E-state index contributed by atoms with van der Waals surface area (Å²) in [7, 11) is 0. The summed E-state index contributed by atoms with van der Waals surface area (Å²) in [5.74, 6) is 2.79. The van der Waals surface area contributed by atoms with Crippen molar-refractivity contribution in [1.82, 2.24) is 5.43 Å². The molecule has 2 aliphatic carbocycles. The number of amides is 2. The summed E-state index contributed by atoms with van der Waals surface area (Å²) >= 11 is 0. The first-order chi connectivity index (χ1) is 8.91. The summed E-state index contributed by atoms with van der Waals surface area (Å²) in [5, 5.41) is 3.96. The minimum Gasteiger partial charge on any atom is -0.350 e. The fourth-order valence-electron chi connectivity index (χ4n) is 4.36. The van der Waals surface area contributed by atoms with Gasteiger partial charge in [0.25, 0.3) is 0 Å². The molecule has 0 radical (unpaired) electrons. The third-order valence-electron chi connectivity index (χ3n) is 5.46. The first-order valence-corrected chi connectivity index (χ1v) is 7.50. The molecule has 3 N–H and O–H groups in total. The highest BCUT2D eigenvalue weighted by atomic mass is 16.2. The molecular formula is C15H27N3O. The highest BCUT2D eigenvalue weighted by molar-refractivity contribution is 5.83. The number of fused-ring (bicyclic) bond motifs is 2. The Morgan fingerprint density at radius 1 is 1.42 bits per heavy atom. The van der Waals surface area contributed by atoms with E-state index in [1.54, 1.807) is 0 Å². The minimum absolute atomic E-state index is 0.527. The normalized spacial score (nSPS) is 32.6. The van der Waals surface area contributed by atoms with Crippen LogP contribution in [0.15, 0.2) is 5.10 Å². The number of hydrogen-bond acceptors (Lipinski definition) is 2. The van der Waals surface area contributed by atoms with Crippen LogP contribution in [0.5, 0.6) is 0 Å². The molecule has 0 unspecified atom stereocenters. The minimum atomic E-state index is -0.589. The van der Waals surface area contributed by atoms with E-state index < -0.39 is 6.03 Å². The molecule has 0 aromatic rings. The maximum atomic E-state index is 10.6. The lowest BCUT2D eigenvalue weighted by Gasteiger charge is -2.38. The predicted octanol–water partition coefficient (Wildman–Crippen LogP) is 3.27. The van der Waals surface area contributed by atoms with E-state index in [1.807, 2.05) is 6.92 Å². The third-order valence-corrected chi connectivity index (χ3v) is 5.46. The number of carbonyl (C=O) groups excluding carboxylic acids is 1. The molecule has 2 aliphatic rings. The number of carbonyl (C=O) groups is 1. The number of rotatable bonds is 5. The Balaban J connectivity index is 1.77. The van der Waals surface area contributed by atoms with Crippen LogP contribution in [0.25, 0.3) is 0 Å². The SMILES string of the molecule is C/C(CCC[C@@H]1[C@H]2CC[C@@H](C2)C1(C)C)=N\NC(N)=O. The Hall–Kier alpha value is -1.06. The molecule has 0 aliphatic heterocycles. The molecule has 2 bridgehead atoms. The lowest BCUT2D eigenvalue weighted by atomic mass is 9.67. The number of urea groups is 1. The average molecular weight is 265 g/mol. The van der Waals surface area contributed by atoms with Crippen molar-refractivity contribution in [2.45, 2.75) is 59.3 Å². The topological polar surface area (TPSA) is 67.5 Å². The van der Waals surface area contributed by atoms with Crippen LogP contribution in [0.4, 0.5) is 4.79 Å². The summed E-state index contributed by atoms with van der Waals surface area (Å²) in [6, 6.07) is -0.589. The van der Waals surface area contributed by atoms with E-state index in [2.05, 4.69) is 24.4 Å². The molecular weight excluding hydrogens is 238 g/mol. The van der Waals surface area contributed by atoms with Gasteiger partial charge in [-0.2, -0.15) is 5.10 Å². The molecule has 2 fully saturated rings. The van der Waals surface area contributed by atoms with Crippen molar-refractivity contribution in [2.75, 3.05) is 0 Å². The number of nitrogens with two attached hydrogens (primary N) is 1.